The van der Waals surface area contributed by atoms with Crippen LogP contribution in [0.2, 0.25) is 0 Å². The number of aromatic nitrogens is 2. The van der Waals surface area contributed by atoms with Gasteiger partial charge in [0.15, 0.2) is 0 Å². The van der Waals surface area contributed by atoms with Crippen LogP contribution in [0, 0.1) is 5.92 Å². The first-order valence-electron chi connectivity index (χ1n) is 10.4. The smallest absolute Gasteiger partial charge is 0.0982 e. The summed E-state index contributed by atoms with van der Waals surface area (Å²) in [6.45, 7) is 2.98. The van der Waals surface area contributed by atoms with Gasteiger partial charge in [0.25, 0.3) is 0 Å². The molecule has 2 aromatic carbocycles. The summed E-state index contributed by atoms with van der Waals surface area (Å²) in [4.78, 5) is 0. The molecule has 1 saturated heterocycles. The molecule has 2 fully saturated rings. The summed E-state index contributed by atoms with van der Waals surface area (Å²) in [6, 6.07) is 15.3. The minimum Gasteiger partial charge on any atom is -0.362 e. The molecule has 5 nitrogen and oxygen atoms in total. The number of fused-ring (bicyclic) bond motifs is 1. The van der Waals surface area contributed by atoms with E-state index in [2.05, 4.69) is 41.8 Å². The van der Waals surface area contributed by atoms with Crippen LogP contribution in [-0.4, -0.2) is 29.6 Å². The van der Waals surface area contributed by atoms with E-state index in [4.69, 9.17) is 15.6 Å². The standard InChI is InChI=1S/C23H28N4O/c24-16-28-14-18-4-1-3-17-13-27(26-22(17)18)21-9-7-20(8-10-21)23(19-5-6-19)11-2-12-25-15-23/h1,3-4,7-10,13,19,25H,2,5-6,11-12,14-16,24H2/t23-/m1/s1. The quantitative estimate of drug-likeness (QED) is 0.647. The van der Waals surface area contributed by atoms with E-state index in [1.54, 1.807) is 0 Å². The maximum atomic E-state index is 5.48. The van der Waals surface area contributed by atoms with Gasteiger partial charge in [0.05, 0.1) is 24.5 Å². The molecular formula is C23H28N4O. The minimum absolute atomic E-state index is 0.218. The molecule has 2 aliphatic rings. The highest BCUT2D eigenvalue weighted by molar-refractivity contribution is 5.81. The molecule has 146 valence electrons. The van der Waals surface area contributed by atoms with Gasteiger partial charge in [-0.2, -0.15) is 5.10 Å². The van der Waals surface area contributed by atoms with Crippen molar-refractivity contribution in [3.63, 3.8) is 0 Å². The number of nitrogens with zero attached hydrogens (tertiary/aromatic N) is 2. The first-order chi connectivity index (χ1) is 13.8. The van der Waals surface area contributed by atoms with E-state index < -0.39 is 0 Å². The summed E-state index contributed by atoms with van der Waals surface area (Å²) >= 11 is 0. The molecule has 2 heterocycles. The van der Waals surface area contributed by atoms with Crippen molar-refractivity contribution in [3.8, 4) is 5.69 Å². The maximum absolute atomic E-state index is 5.48. The van der Waals surface area contributed by atoms with E-state index >= 15 is 0 Å². The summed E-state index contributed by atoms with van der Waals surface area (Å²) in [6.07, 6.45) is 7.43. The number of hydrogen-bond acceptors (Lipinski definition) is 4. The lowest BCUT2D eigenvalue weighted by Gasteiger charge is -2.39. The number of ether oxygens (including phenoxy) is 1. The Balaban J connectivity index is 1.46. The zero-order valence-electron chi connectivity index (χ0n) is 16.2. The van der Waals surface area contributed by atoms with Gasteiger partial charge in [-0.25, -0.2) is 4.68 Å². The fourth-order valence-corrected chi connectivity index (χ4v) is 4.86. The molecular weight excluding hydrogens is 348 g/mol. The highest BCUT2D eigenvalue weighted by Gasteiger charge is 2.46. The second-order valence-corrected chi connectivity index (χ2v) is 8.20. The number of rotatable bonds is 6. The Morgan fingerprint density at radius 2 is 2.04 bits per heavy atom. The predicted octanol–water partition coefficient (Wildman–Crippen LogP) is 3.49. The summed E-state index contributed by atoms with van der Waals surface area (Å²) < 4.78 is 7.36. The highest BCUT2D eigenvalue weighted by Crippen LogP contribution is 2.50. The Kier molecular flexibility index (Phi) is 4.67. The Bertz CT molecular complexity index is 952. The van der Waals surface area contributed by atoms with Gasteiger partial charge in [-0.1, -0.05) is 30.3 Å². The molecule has 0 unspecified atom stereocenters. The van der Waals surface area contributed by atoms with Crippen molar-refractivity contribution in [2.75, 3.05) is 19.8 Å². The number of benzene rings is 2. The van der Waals surface area contributed by atoms with Gasteiger partial charge in [0, 0.05) is 29.1 Å². The number of piperidine rings is 1. The molecule has 1 atom stereocenters. The molecule has 5 heteroatoms. The van der Waals surface area contributed by atoms with Crippen molar-refractivity contribution in [2.45, 2.75) is 37.7 Å². The molecule has 1 aliphatic carbocycles. The van der Waals surface area contributed by atoms with E-state index in [0.29, 0.717) is 12.0 Å². The normalized spacial score (nSPS) is 22.6. The van der Waals surface area contributed by atoms with E-state index in [0.717, 1.165) is 41.2 Å². The minimum atomic E-state index is 0.218. The lowest BCUT2D eigenvalue weighted by molar-refractivity contribution is 0.128. The molecule has 0 bridgehead atoms. The molecule has 28 heavy (non-hydrogen) atoms. The molecule has 0 radical (unpaired) electrons. The van der Waals surface area contributed by atoms with Crippen molar-refractivity contribution in [1.82, 2.24) is 15.1 Å². The van der Waals surface area contributed by atoms with Gasteiger partial charge in [-0.3, -0.25) is 0 Å². The summed E-state index contributed by atoms with van der Waals surface area (Å²) in [7, 11) is 0. The van der Waals surface area contributed by atoms with Gasteiger partial charge in [-0.05, 0) is 55.8 Å². The zero-order chi connectivity index (χ0) is 19.0. The van der Waals surface area contributed by atoms with Crippen molar-refractivity contribution >= 4 is 10.9 Å². The molecule has 0 spiro atoms. The Morgan fingerprint density at radius 3 is 2.75 bits per heavy atom. The van der Waals surface area contributed by atoms with Crippen LogP contribution >= 0.6 is 0 Å². The van der Waals surface area contributed by atoms with Crippen LogP contribution in [0.15, 0.2) is 48.7 Å². The fourth-order valence-electron chi connectivity index (χ4n) is 4.86. The lowest BCUT2D eigenvalue weighted by Crippen LogP contribution is -2.45. The van der Waals surface area contributed by atoms with Gasteiger partial charge in [0.1, 0.15) is 0 Å². The molecule has 5 rings (SSSR count). The van der Waals surface area contributed by atoms with Crippen molar-refractivity contribution in [2.24, 2.45) is 11.7 Å². The Hall–Kier alpha value is -2.21. The van der Waals surface area contributed by atoms with Gasteiger partial charge >= 0.3 is 0 Å². The third kappa shape index (κ3) is 3.13. The zero-order valence-corrected chi connectivity index (χ0v) is 16.2. The van der Waals surface area contributed by atoms with Gasteiger partial charge in [0.2, 0.25) is 0 Å². The van der Waals surface area contributed by atoms with E-state index in [9.17, 15) is 0 Å². The molecule has 1 aliphatic heterocycles. The molecule has 3 aromatic rings. The summed E-state index contributed by atoms with van der Waals surface area (Å²) in [5.74, 6) is 0.851. The fraction of sp³-hybridized carbons (Fsp3) is 0.435. The van der Waals surface area contributed by atoms with E-state index in [1.807, 2.05) is 16.8 Å². The number of nitrogens with one attached hydrogen (secondary N) is 1. The van der Waals surface area contributed by atoms with Gasteiger partial charge in [-0.15, -0.1) is 0 Å². The van der Waals surface area contributed by atoms with Crippen molar-refractivity contribution in [3.05, 3.63) is 59.8 Å². The third-order valence-electron chi connectivity index (χ3n) is 6.48. The Morgan fingerprint density at radius 1 is 1.18 bits per heavy atom. The lowest BCUT2D eigenvalue weighted by atomic mass is 9.71. The molecule has 0 amide bonds. The van der Waals surface area contributed by atoms with Crippen LogP contribution in [0.5, 0.6) is 0 Å². The van der Waals surface area contributed by atoms with E-state index in [1.165, 1.54) is 31.2 Å². The highest BCUT2D eigenvalue weighted by atomic mass is 16.5. The molecule has 3 N–H and O–H groups in total. The Labute approximate surface area is 165 Å². The average Bonchev–Trinajstić information content (AvgIpc) is 3.52. The number of hydrogen-bond donors (Lipinski definition) is 2. The second kappa shape index (κ2) is 7.32. The predicted molar refractivity (Wildman–Crippen MR) is 111 cm³/mol. The maximum Gasteiger partial charge on any atom is 0.0982 e. The summed E-state index contributed by atoms with van der Waals surface area (Å²) in [5.41, 5.74) is 10.4. The molecule has 1 aromatic heterocycles. The van der Waals surface area contributed by atoms with Crippen LogP contribution in [0.1, 0.15) is 36.8 Å². The summed E-state index contributed by atoms with van der Waals surface area (Å²) in [5, 5.41) is 9.59. The van der Waals surface area contributed by atoms with Crippen LogP contribution in [0.3, 0.4) is 0 Å². The van der Waals surface area contributed by atoms with Crippen LogP contribution in [0.25, 0.3) is 16.6 Å². The largest absolute Gasteiger partial charge is 0.362 e. The SMILES string of the molecule is NCOCc1cccc2cn(-c3ccc([C@]4(C5CC5)CCCNC4)cc3)nc12. The molecule has 1 saturated carbocycles. The third-order valence-corrected chi connectivity index (χ3v) is 6.48. The van der Waals surface area contributed by atoms with Crippen molar-refractivity contribution in [1.29, 1.82) is 0 Å². The number of nitrogens with two attached hydrogens (primary N) is 1. The van der Waals surface area contributed by atoms with Crippen LogP contribution in [0.4, 0.5) is 0 Å². The first kappa shape index (κ1) is 17.9. The van der Waals surface area contributed by atoms with Crippen molar-refractivity contribution < 1.29 is 4.74 Å². The average molecular weight is 377 g/mol. The van der Waals surface area contributed by atoms with Crippen LogP contribution in [-0.2, 0) is 16.8 Å². The first-order valence-corrected chi connectivity index (χ1v) is 10.4. The monoisotopic (exact) mass is 376 g/mol. The second-order valence-electron chi connectivity index (χ2n) is 8.20. The topological polar surface area (TPSA) is 65.1 Å². The van der Waals surface area contributed by atoms with Gasteiger partial charge < -0.3 is 15.8 Å². The van der Waals surface area contributed by atoms with Crippen LogP contribution < -0.4 is 11.1 Å². The van der Waals surface area contributed by atoms with E-state index in [-0.39, 0.29) is 6.73 Å².